The topological polar surface area (TPSA) is 59.4 Å². The summed E-state index contributed by atoms with van der Waals surface area (Å²) < 4.78 is 21.0. The van der Waals surface area contributed by atoms with Crippen LogP contribution in [0.1, 0.15) is 6.42 Å². The van der Waals surface area contributed by atoms with E-state index in [1.54, 1.807) is 10.9 Å². The van der Waals surface area contributed by atoms with Gasteiger partial charge in [0.25, 0.3) is 0 Å². The molecule has 1 saturated heterocycles. The van der Waals surface area contributed by atoms with Gasteiger partial charge in [0.05, 0.1) is 6.61 Å². The molecule has 1 aliphatic rings. The zero-order valence-electron chi connectivity index (χ0n) is 11.9. The molecule has 0 spiro atoms. The quantitative estimate of drug-likeness (QED) is 0.471. The minimum absolute atomic E-state index is 0.423. The SMILES string of the molecule is Cn1ccnc1S.O=P1(N(CCCl)CCCl)NCCCO1. The van der Waals surface area contributed by atoms with E-state index in [-0.39, 0.29) is 0 Å². The second kappa shape index (κ2) is 10.1. The monoisotopic (exact) mass is 374 g/mol. The molecule has 6 nitrogen and oxygen atoms in total. The maximum Gasteiger partial charge on any atom is 0.343 e. The molecule has 0 radical (unpaired) electrons. The average Bonchev–Trinajstić information content (AvgIpc) is 2.84. The summed E-state index contributed by atoms with van der Waals surface area (Å²) in [5.41, 5.74) is 0. The van der Waals surface area contributed by atoms with Crippen LogP contribution in [-0.4, -0.2) is 52.2 Å². The van der Waals surface area contributed by atoms with Crippen LogP contribution in [0.15, 0.2) is 17.6 Å². The molecule has 0 amide bonds. The fraction of sp³-hybridized carbons (Fsp3) is 0.727. The van der Waals surface area contributed by atoms with Crippen molar-refractivity contribution in [1.82, 2.24) is 19.3 Å². The van der Waals surface area contributed by atoms with Crippen LogP contribution < -0.4 is 5.09 Å². The molecule has 0 bridgehead atoms. The third-order valence-corrected chi connectivity index (χ3v) is 5.82. The number of imidazole rings is 1. The normalized spacial score (nSPS) is 22.0. The van der Waals surface area contributed by atoms with Crippen molar-refractivity contribution in [2.75, 3.05) is 38.0 Å². The van der Waals surface area contributed by atoms with Gasteiger partial charge in [0.1, 0.15) is 0 Å². The van der Waals surface area contributed by atoms with Gasteiger partial charge >= 0.3 is 7.67 Å². The molecule has 0 aromatic carbocycles. The Balaban J connectivity index is 0.000000262. The van der Waals surface area contributed by atoms with Crippen molar-refractivity contribution < 1.29 is 9.09 Å². The summed E-state index contributed by atoms with van der Waals surface area (Å²) >= 11 is 15.2. The first-order valence-corrected chi connectivity index (χ1v) is 9.66. The van der Waals surface area contributed by atoms with Crippen LogP contribution >= 0.6 is 43.5 Å². The van der Waals surface area contributed by atoms with Gasteiger partial charge < -0.3 is 9.09 Å². The van der Waals surface area contributed by atoms with Crippen LogP contribution in [0, 0.1) is 0 Å². The molecule has 0 aliphatic carbocycles. The van der Waals surface area contributed by atoms with Crippen molar-refractivity contribution in [2.45, 2.75) is 11.6 Å². The summed E-state index contributed by atoms with van der Waals surface area (Å²) in [4.78, 5) is 3.84. The van der Waals surface area contributed by atoms with E-state index in [9.17, 15) is 4.57 Å². The standard InChI is InChI=1S/C7H15Cl2N2O2P.C4H6N2S/c8-2-5-11(6-3-9)14(12)10-4-1-7-13-14;1-6-3-2-5-4(6)7/h1-7H2,(H,10,12);2-3H,1H3,(H,5,7). The Labute approximate surface area is 141 Å². The maximum absolute atomic E-state index is 12.2. The summed E-state index contributed by atoms with van der Waals surface area (Å²) in [6, 6.07) is 0. The number of rotatable bonds is 5. The zero-order chi connectivity index (χ0) is 15.7. The molecule has 1 unspecified atom stereocenters. The highest BCUT2D eigenvalue weighted by atomic mass is 35.5. The number of nitrogens with zero attached hydrogens (tertiary/aromatic N) is 3. The number of nitrogens with one attached hydrogen (secondary N) is 1. The van der Waals surface area contributed by atoms with Gasteiger partial charge in [-0.3, -0.25) is 4.57 Å². The number of aromatic nitrogens is 2. The van der Waals surface area contributed by atoms with E-state index in [0.29, 0.717) is 31.5 Å². The van der Waals surface area contributed by atoms with E-state index in [2.05, 4.69) is 22.7 Å². The lowest BCUT2D eigenvalue weighted by atomic mass is 10.5. The first-order chi connectivity index (χ1) is 10.0. The van der Waals surface area contributed by atoms with Gasteiger partial charge in [0.15, 0.2) is 5.16 Å². The van der Waals surface area contributed by atoms with E-state index in [0.717, 1.165) is 18.1 Å². The molecule has 122 valence electrons. The van der Waals surface area contributed by atoms with E-state index in [1.165, 1.54) is 0 Å². The predicted molar refractivity (Wildman–Crippen MR) is 89.7 cm³/mol. The average molecular weight is 375 g/mol. The molecule has 21 heavy (non-hydrogen) atoms. The van der Waals surface area contributed by atoms with Crippen molar-refractivity contribution >= 4 is 43.5 Å². The van der Waals surface area contributed by atoms with Crippen LogP contribution in [0.25, 0.3) is 0 Å². The van der Waals surface area contributed by atoms with E-state index < -0.39 is 7.67 Å². The molecule has 1 atom stereocenters. The highest BCUT2D eigenvalue weighted by Crippen LogP contribution is 2.47. The molecular formula is C11H21Cl2N4O2PS. The van der Waals surface area contributed by atoms with Crippen molar-refractivity contribution in [3.05, 3.63) is 12.4 Å². The van der Waals surface area contributed by atoms with E-state index >= 15 is 0 Å². The highest BCUT2D eigenvalue weighted by Gasteiger charge is 2.32. The Morgan fingerprint density at radius 1 is 1.52 bits per heavy atom. The summed E-state index contributed by atoms with van der Waals surface area (Å²) in [6.07, 6.45) is 4.45. The number of thiol groups is 1. The third kappa shape index (κ3) is 6.48. The molecular weight excluding hydrogens is 354 g/mol. The van der Waals surface area contributed by atoms with E-state index in [1.807, 2.05) is 17.8 Å². The molecule has 10 heteroatoms. The number of halogens is 2. The van der Waals surface area contributed by atoms with Crippen molar-refractivity contribution in [1.29, 1.82) is 0 Å². The molecule has 1 aromatic rings. The lowest BCUT2D eigenvalue weighted by Gasteiger charge is -2.33. The Hall–Kier alpha value is 0.250. The van der Waals surface area contributed by atoms with Crippen LogP contribution in [0.5, 0.6) is 0 Å². The molecule has 2 heterocycles. The minimum atomic E-state index is -2.84. The number of alkyl halides is 2. The second-order valence-electron chi connectivity index (χ2n) is 4.29. The smallest absolute Gasteiger partial charge is 0.329 e. The van der Waals surface area contributed by atoms with Crippen LogP contribution in [-0.2, 0) is 16.1 Å². The van der Waals surface area contributed by atoms with Crippen LogP contribution in [0.4, 0.5) is 0 Å². The molecule has 2 rings (SSSR count). The van der Waals surface area contributed by atoms with Gasteiger partial charge in [-0.2, -0.15) is 0 Å². The summed E-state index contributed by atoms with van der Waals surface area (Å²) in [5.74, 6) is 0.845. The second-order valence-corrected chi connectivity index (χ2v) is 7.62. The Morgan fingerprint density at radius 3 is 2.52 bits per heavy atom. The van der Waals surface area contributed by atoms with Gasteiger partial charge in [-0.25, -0.2) is 14.7 Å². The van der Waals surface area contributed by atoms with Crippen molar-refractivity contribution in [2.24, 2.45) is 7.05 Å². The molecule has 0 saturated carbocycles. The summed E-state index contributed by atoms with van der Waals surface area (Å²) in [5, 5.41) is 3.66. The first-order valence-electron chi connectivity index (χ1n) is 6.57. The number of hydrogen-bond acceptors (Lipinski definition) is 4. The van der Waals surface area contributed by atoms with Gasteiger partial charge in [0.2, 0.25) is 0 Å². The Bertz CT molecular complexity index is 431. The van der Waals surface area contributed by atoms with E-state index in [4.69, 9.17) is 27.7 Å². The molecule has 1 aliphatic heterocycles. The zero-order valence-corrected chi connectivity index (χ0v) is 15.2. The first kappa shape index (κ1) is 19.3. The highest BCUT2D eigenvalue weighted by molar-refractivity contribution is 7.80. The third-order valence-electron chi connectivity index (χ3n) is 2.75. The van der Waals surface area contributed by atoms with Crippen LogP contribution in [0.2, 0.25) is 0 Å². The fourth-order valence-corrected chi connectivity index (χ4v) is 4.41. The largest absolute Gasteiger partial charge is 0.343 e. The number of hydrogen-bond donors (Lipinski definition) is 2. The Morgan fingerprint density at radius 2 is 2.19 bits per heavy atom. The lowest BCUT2D eigenvalue weighted by molar-refractivity contribution is 0.233. The van der Waals surface area contributed by atoms with Gasteiger partial charge in [-0.1, -0.05) is 0 Å². The minimum Gasteiger partial charge on any atom is -0.329 e. The summed E-state index contributed by atoms with van der Waals surface area (Å²) in [7, 11) is -0.944. The molecule has 1 N–H and O–H groups in total. The van der Waals surface area contributed by atoms with Gasteiger partial charge in [0, 0.05) is 50.8 Å². The number of aryl methyl sites for hydroxylation is 1. The summed E-state index contributed by atoms with van der Waals surface area (Å²) in [6.45, 7) is 2.31. The predicted octanol–water partition coefficient (Wildman–Crippen LogP) is 2.59. The van der Waals surface area contributed by atoms with Crippen molar-refractivity contribution in [3.8, 4) is 0 Å². The molecule has 1 fully saturated rings. The van der Waals surface area contributed by atoms with Gasteiger partial charge in [-0.05, 0) is 6.42 Å². The van der Waals surface area contributed by atoms with Gasteiger partial charge in [-0.15, -0.1) is 35.8 Å². The Kier molecular flexibility index (Phi) is 9.29. The lowest BCUT2D eigenvalue weighted by Crippen LogP contribution is -2.35. The van der Waals surface area contributed by atoms with Crippen molar-refractivity contribution in [3.63, 3.8) is 0 Å². The van der Waals surface area contributed by atoms with Crippen LogP contribution in [0.3, 0.4) is 0 Å². The molecule has 1 aromatic heterocycles. The maximum atomic E-state index is 12.2. The fourth-order valence-electron chi connectivity index (χ4n) is 1.64.